The van der Waals surface area contributed by atoms with E-state index in [2.05, 4.69) is 20.2 Å². The fourth-order valence-corrected chi connectivity index (χ4v) is 4.50. The van der Waals surface area contributed by atoms with Crippen LogP contribution >= 0.6 is 11.3 Å². The molecule has 8 heteroatoms. The SMILES string of the molecule is O=C1CCCN1c1cnn(C2CN(Cc3nnc(C4CC4)s3)C2)c1. The Bertz CT molecular complexity index is 760. The summed E-state index contributed by atoms with van der Waals surface area (Å²) in [6.45, 7) is 3.67. The molecule has 3 fully saturated rings. The second-order valence-electron chi connectivity index (χ2n) is 6.98. The van der Waals surface area contributed by atoms with Gasteiger partial charge in [0.15, 0.2) is 0 Å². The molecule has 2 aromatic heterocycles. The van der Waals surface area contributed by atoms with E-state index in [1.165, 1.54) is 17.8 Å². The number of carbonyl (C=O) groups is 1. The Balaban J connectivity index is 1.17. The van der Waals surface area contributed by atoms with Crippen LogP contribution in [-0.4, -0.2) is 50.4 Å². The molecule has 2 aliphatic heterocycles. The maximum Gasteiger partial charge on any atom is 0.227 e. The number of aromatic nitrogens is 4. The molecule has 4 heterocycles. The van der Waals surface area contributed by atoms with Crippen molar-refractivity contribution in [1.82, 2.24) is 24.9 Å². The van der Waals surface area contributed by atoms with Gasteiger partial charge in [-0.25, -0.2) is 0 Å². The maximum absolute atomic E-state index is 11.8. The van der Waals surface area contributed by atoms with Crippen LogP contribution in [0.5, 0.6) is 0 Å². The molecular weight excluding hydrogens is 324 g/mol. The predicted octanol–water partition coefficient (Wildman–Crippen LogP) is 1.80. The zero-order chi connectivity index (χ0) is 16.1. The smallest absolute Gasteiger partial charge is 0.227 e. The van der Waals surface area contributed by atoms with E-state index in [1.54, 1.807) is 11.3 Å². The van der Waals surface area contributed by atoms with Gasteiger partial charge in [-0.05, 0) is 19.3 Å². The van der Waals surface area contributed by atoms with Crippen LogP contribution in [0.4, 0.5) is 5.69 Å². The fraction of sp³-hybridized carbons (Fsp3) is 0.625. The fourth-order valence-electron chi connectivity index (χ4n) is 3.44. The van der Waals surface area contributed by atoms with E-state index in [0.717, 1.165) is 43.3 Å². The molecule has 0 atom stereocenters. The van der Waals surface area contributed by atoms with Gasteiger partial charge in [0.05, 0.1) is 24.5 Å². The van der Waals surface area contributed by atoms with Gasteiger partial charge in [0.25, 0.3) is 0 Å². The molecule has 0 bridgehead atoms. The van der Waals surface area contributed by atoms with Crippen molar-refractivity contribution >= 4 is 22.9 Å². The van der Waals surface area contributed by atoms with Crippen LogP contribution in [-0.2, 0) is 11.3 Å². The second kappa shape index (κ2) is 5.63. The second-order valence-corrected chi connectivity index (χ2v) is 8.08. The van der Waals surface area contributed by atoms with Gasteiger partial charge in [-0.2, -0.15) is 5.10 Å². The van der Waals surface area contributed by atoms with Crippen LogP contribution in [0, 0.1) is 0 Å². The summed E-state index contributed by atoms with van der Waals surface area (Å²) in [4.78, 5) is 16.0. The monoisotopic (exact) mass is 344 g/mol. The van der Waals surface area contributed by atoms with Crippen molar-refractivity contribution in [1.29, 1.82) is 0 Å². The lowest BCUT2D eigenvalue weighted by Crippen LogP contribution is -2.47. The number of hydrogen-bond acceptors (Lipinski definition) is 6. The number of anilines is 1. The molecule has 0 N–H and O–H groups in total. The summed E-state index contributed by atoms with van der Waals surface area (Å²) in [5, 5.41) is 15.4. The highest BCUT2D eigenvalue weighted by molar-refractivity contribution is 7.11. The predicted molar refractivity (Wildman–Crippen MR) is 90.0 cm³/mol. The van der Waals surface area contributed by atoms with Crippen LogP contribution in [0.15, 0.2) is 12.4 Å². The molecule has 0 unspecified atom stereocenters. The summed E-state index contributed by atoms with van der Waals surface area (Å²) in [6, 6.07) is 0.396. The Kier molecular flexibility index (Phi) is 3.41. The molecule has 2 saturated heterocycles. The summed E-state index contributed by atoms with van der Waals surface area (Å²) in [5.74, 6) is 0.906. The molecule has 126 valence electrons. The molecule has 1 aliphatic carbocycles. The molecule has 1 saturated carbocycles. The van der Waals surface area contributed by atoms with Crippen molar-refractivity contribution in [3.8, 4) is 0 Å². The van der Waals surface area contributed by atoms with Gasteiger partial charge in [0, 0.05) is 38.2 Å². The first-order chi connectivity index (χ1) is 11.8. The van der Waals surface area contributed by atoms with Crippen LogP contribution in [0.2, 0.25) is 0 Å². The Morgan fingerprint density at radius 3 is 2.88 bits per heavy atom. The van der Waals surface area contributed by atoms with Gasteiger partial charge >= 0.3 is 0 Å². The minimum atomic E-state index is 0.215. The van der Waals surface area contributed by atoms with Crippen molar-refractivity contribution in [3.63, 3.8) is 0 Å². The third-order valence-corrected chi connectivity index (χ3v) is 6.12. The number of carbonyl (C=O) groups excluding carboxylic acids is 1. The molecular formula is C16H20N6OS. The van der Waals surface area contributed by atoms with Crippen LogP contribution in [0.1, 0.15) is 47.7 Å². The molecule has 24 heavy (non-hydrogen) atoms. The summed E-state index contributed by atoms with van der Waals surface area (Å²) >= 11 is 1.77. The standard InChI is InChI=1S/C16H20N6OS/c23-15-2-1-5-21(15)12-6-17-22(9-12)13-7-20(8-13)10-14-18-19-16(24-14)11-3-4-11/h6,9,11,13H,1-5,7-8,10H2. The summed E-state index contributed by atoms with van der Waals surface area (Å²) < 4.78 is 2.01. The highest BCUT2D eigenvalue weighted by atomic mass is 32.1. The van der Waals surface area contributed by atoms with Crippen molar-refractivity contribution in [2.24, 2.45) is 0 Å². The van der Waals surface area contributed by atoms with E-state index >= 15 is 0 Å². The lowest BCUT2D eigenvalue weighted by atomic mass is 10.1. The van der Waals surface area contributed by atoms with E-state index in [0.29, 0.717) is 18.4 Å². The van der Waals surface area contributed by atoms with Gasteiger partial charge in [-0.15, -0.1) is 10.2 Å². The van der Waals surface area contributed by atoms with E-state index in [-0.39, 0.29) is 5.91 Å². The zero-order valence-corrected chi connectivity index (χ0v) is 14.3. The van der Waals surface area contributed by atoms with Crippen molar-refractivity contribution < 1.29 is 4.79 Å². The van der Waals surface area contributed by atoms with Crippen molar-refractivity contribution in [2.75, 3.05) is 24.5 Å². The first kappa shape index (κ1) is 14.5. The molecule has 7 nitrogen and oxygen atoms in total. The number of likely N-dealkylation sites (tertiary alicyclic amines) is 1. The van der Waals surface area contributed by atoms with Crippen LogP contribution in [0.25, 0.3) is 0 Å². The third kappa shape index (κ3) is 2.63. The minimum absolute atomic E-state index is 0.215. The lowest BCUT2D eigenvalue weighted by molar-refractivity contribution is -0.117. The quantitative estimate of drug-likeness (QED) is 0.827. The highest BCUT2D eigenvalue weighted by Gasteiger charge is 2.32. The largest absolute Gasteiger partial charge is 0.309 e. The van der Waals surface area contributed by atoms with E-state index in [1.807, 2.05) is 22.0 Å². The molecule has 3 aliphatic rings. The molecule has 0 spiro atoms. The average molecular weight is 344 g/mol. The third-order valence-electron chi connectivity index (χ3n) is 5.05. The van der Waals surface area contributed by atoms with Gasteiger partial charge in [0.1, 0.15) is 10.0 Å². The zero-order valence-electron chi connectivity index (χ0n) is 13.5. The molecule has 5 rings (SSSR count). The van der Waals surface area contributed by atoms with Gasteiger partial charge < -0.3 is 4.90 Å². The van der Waals surface area contributed by atoms with Gasteiger partial charge in [-0.3, -0.25) is 14.4 Å². The van der Waals surface area contributed by atoms with Crippen molar-refractivity contribution in [2.45, 2.75) is 44.2 Å². The van der Waals surface area contributed by atoms with Crippen LogP contribution in [0.3, 0.4) is 0 Å². The molecule has 0 aromatic carbocycles. The Morgan fingerprint density at radius 2 is 2.12 bits per heavy atom. The highest BCUT2D eigenvalue weighted by Crippen LogP contribution is 2.41. The lowest BCUT2D eigenvalue weighted by Gasteiger charge is -2.38. The molecule has 1 amide bonds. The Morgan fingerprint density at radius 1 is 1.25 bits per heavy atom. The number of nitrogens with zero attached hydrogens (tertiary/aromatic N) is 6. The Hall–Kier alpha value is -1.80. The average Bonchev–Trinajstić information content (AvgIpc) is 2.95. The normalized spacial score (nSPS) is 22.3. The van der Waals surface area contributed by atoms with Crippen molar-refractivity contribution in [3.05, 3.63) is 22.4 Å². The summed E-state index contributed by atoms with van der Waals surface area (Å²) in [7, 11) is 0. The minimum Gasteiger partial charge on any atom is -0.309 e. The maximum atomic E-state index is 11.8. The summed E-state index contributed by atoms with van der Waals surface area (Å²) in [6.07, 6.45) is 8.00. The first-order valence-electron chi connectivity index (χ1n) is 8.65. The van der Waals surface area contributed by atoms with E-state index in [4.69, 9.17) is 0 Å². The van der Waals surface area contributed by atoms with E-state index in [9.17, 15) is 4.79 Å². The topological polar surface area (TPSA) is 67.2 Å². The molecule has 0 radical (unpaired) electrons. The van der Waals surface area contributed by atoms with E-state index < -0.39 is 0 Å². The number of amides is 1. The van der Waals surface area contributed by atoms with Gasteiger partial charge in [-0.1, -0.05) is 11.3 Å². The Labute approximate surface area is 144 Å². The first-order valence-corrected chi connectivity index (χ1v) is 9.47. The molecule has 2 aromatic rings. The summed E-state index contributed by atoms with van der Waals surface area (Å²) in [5.41, 5.74) is 0.939. The number of hydrogen-bond donors (Lipinski definition) is 0. The van der Waals surface area contributed by atoms with Crippen LogP contribution < -0.4 is 4.90 Å². The number of rotatable bonds is 5. The van der Waals surface area contributed by atoms with Gasteiger partial charge in [0.2, 0.25) is 5.91 Å².